The molecule has 0 saturated carbocycles. The van der Waals surface area contributed by atoms with E-state index in [2.05, 4.69) is 32.2 Å². The van der Waals surface area contributed by atoms with Gasteiger partial charge in [0.15, 0.2) is 0 Å². The van der Waals surface area contributed by atoms with Crippen molar-refractivity contribution >= 4 is 11.0 Å². The normalized spacial score (nSPS) is 12.7. The number of nitrogens with zero attached hydrogens (tertiary/aromatic N) is 3. The molecule has 3 rings (SSSR count). The fourth-order valence-corrected chi connectivity index (χ4v) is 1.95. The molecule has 0 amide bonds. The molecular weight excluding hydrogens is 238 g/mol. The minimum absolute atomic E-state index is 0.141. The second-order valence-electron chi connectivity index (χ2n) is 4.44. The Morgan fingerprint density at radius 3 is 2.95 bits per heavy atom. The first kappa shape index (κ1) is 11.8. The summed E-state index contributed by atoms with van der Waals surface area (Å²) in [5, 5.41) is 3.39. The van der Waals surface area contributed by atoms with E-state index >= 15 is 0 Å². The van der Waals surface area contributed by atoms with E-state index in [-0.39, 0.29) is 6.04 Å². The van der Waals surface area contributed by atoms with E-state index < -0.39 is 0 Å². The number of hydrogen-bond donors (Lipinski definition) is 2. The number of imidazole rings is 1. The molecule has 3 aromatic rings. The zero-order valence-electron chi connectivity index (χ0n) is 10.7. The molecule has 96 valence electrons. The monoisotopic (exact) mass is 253 g/mol. The van der Waals surface area contributed by atoms with Gasteiger partial charge in [-0.3, -0.25) is 0 Å². The molecule has 5 nitrogen and oxygen atoms in total. The molecule has 1 aromatic carbocycles. The minimum Gasteiger partial charge on any atom is -0.341 e. The summed E-state index contributed by atoms with van der Waals surface area (Å²) in [6, 6.07) is 10.1. The molecule has 0 aliphatic rings. The first-order valence-electron chi connectivity index (χ1n) is 6.26. The molecule has 2 N–H and O–H groups in total. The predicted molar refractivity (Wildman–Crippen MR) is 73.4 cm³/mol. The maximum absolute atomic E-state index is 4.57. The molecule has 2 aromatic heterocycles. The standard InChI is InChI=1S/C14H15N5/c1-10(16-8-11-6-7-15-9-17-11)14-18-12-4-2-3-5-13(12)19-14/h2-7,9-10,16H,8H2,1H3,(H,18,19). The highest BCUT2D eigenvalue weighted by atomic mass is 15.0. The van der Waals surface area contributed by atoms with Crippen LogP contribution in [-0.4, -0.2) is 19.9 Å². The molecule has 1 atom stereocenters. The number of para-hydroxylation sites is 2. The van der Waals surface area contributed by atoms with Crippen LogP contribution in [0.2, 0.25) is 0 Å². The van der Waals surface area contributed by atoms with E-state index in [1.807, 2.05) is 30.3 Å². The summed E-state index contributed by atoms with van der Waals surface area (Å²) in [6.07, 6.45) is 3.30. The molecule has 0 aliphatic heterocycles. The fourth-order valence-electron chi connectivity index (χ4n) is 1.95. The maximum Gasteiger partial charge on any atom is 0.124 e. The number of hydrogen-bond acceptors (Lipinski definition) is 4. The Kier molecular flexibility index (Phi) is 3.20. The summed E-state index contributed by atoms with van der Waals surface area (Å²) in [4.78, 5) is 16.0. The highest BCUT2D eigenvalue weighted by Crippen LogP contribution is 2.15. The van der Waals surface area contributed by atoms with Crippen molar-refractivity contribution in [3.8, 4) is 0 Å². The summed E-state index contributed by atoms with van der Waals surface area (Å²) in [6.45, 7) is 2.78. The molecule has 0 bridgehead atoms. The Labute approximate surface area is 111 Å². The van der Waals surface area contributed by atoms with Crippen molar-refractivity contribution in [1.82, 2.24) is 25.3 Å². The first-order valence-corrected chi connectivity index (χ1v) is 6.26. The van der Waals surface area contributed by atoms with E-state index in [1.54, 1.807) is 12.5 Å². The van der Waals surface area contributed by atoms with Crippen LogP contribution in [0.4, 0.5) is 0 Å². The van der Waals surface area contributed by atoms with Gasteiger partial charge >= 0.3 is 0 Å². The molecule has 0 fully saturated rings. The lowest BCUT2D eigenvalue weighted by molar-refractivity contribution is 0.546. The predicted octanol–water partition coefficient (Wildman–Crippen LogP) is 2.20. The largest absolute Gasteiger partial charge is 0.341 e. The third kappa shape index (κ3) is 2.61. The second-order valence-corrected chi connectivity index (χ2v) is 4.44. The summed E-state index contributed by atoms with van der Waals surface area (Å²) >= 11 is 0. The average Bonchev–Trinajstić information content (AvgIpc) is 2.90. The van der Waals surface area contributed by atoms with Gasteiger partial charge in [-0.25, -0.2) is 15.0 Å². The van der Waals surface area contributed by atoms with E-state index in [0.717, 1.165) is 22.6 Å². The van der Waals surface area contributed by atoms with Crippen LogP contribution in [0.5, 0.6) is 0 Å². The van der Waals surface area contributed by atoms with Crippen LogP contribution in [0.15, 0.2) is 42.9 Å². The Balaban J connectivity index is 1.71. The van der Waals surface area contributed by atoms with Gasteiger partial charge in [-0.1, -0.05) is 12.1 Å². The highest BCUT2D eigenvalue weighted by Gasteiger charge is 2.10. The summed E-state index contributed by atoms with van der Waals surface area (Å²) in [5.41, 5.74) is 3.03. The van der Waals surface area contributed by atoms with E-state index in [9.17, 15) is 0 Å². The van der Waals surface area contributed by atoms with Crippen molar-refractivity contribution in [2.75, 3.05) is 0 Å². The van der Waals surface area contributed by atoms with Gasteiger partial charge in [0, 0.05) is 12.7 Å². The smallest absolute Gasteiger partial charge is 0.124 e. The Morgan fingerprint density at radius 1 is 1.26 bits per heavy atom. The van der Waals surface area contributed by atoms with Gasteiger partial charge < -0.3 is 10.3 Å². The van der Waals surface area contributed by atoms with Gasteiger partial charge in [-0.15, -0.1) is 0 Å². The molecule has 2 heterocycles. The quantitative estimate of drug-likeness (QED) is 0.748. The molecule has 0 radical (unpaired) electrons. The Hall–Kier alpha value is -2.27. The molecular formula is C14H15N5. The number of benzene rings is 1. The lowest BCUT2D eigenvalue weighted by atomic mass is 10.3. The molecule has 0 spiro atoms. The van der Waals surface area contributed by atoms with Crippen LogP contribution in [0.25, 0.3) is 11.0 Å². The number of rotatable bonds is 4. The van der Waals surface area contributed by atoms with Gasteiger partial charge in [-0.2, -0.15) is 0 Å². The third-order valence-electron chi connectivity index (χ3n) is 3.05. The number of fused-ring (bicyclic) bond motifs is 1. The van der Waals surface area contributed by atoms with E-state index in [1.165, 1.54) is 0 Å². The van der Waals surface area contributed by atoms with Crippen molar-refractivity contribution in [3.05, 3.63) is 54.4 Å². The Morgan fingerprint density at radius 2 is 2.16 bits per heavy atom. The van der Waals surface area contributed by atoms with Gasteiger partial charge in [0.05, 0.1) is 22.8 Å². The van der Waals surface area contributed by atoms with Gasteiger partial charge in [0.1, 0.15) is 12.2 Å². The fraction of sp³-hybridized carbons (Fsp3) is 0.214. The van der Waals surface area contributed by atoms with E-state index in [4.69, 9.17) is 0 Å². The average molecular weight is 253 g/mol. The Bertz CT molecular complexity index is 629. The van der Waals surface area contributed by atoms with Crippen molar-refractivity contribution in [3.63, 3.8) is 0 Å². The van der Waals surface area contributed by atoms with Crippen molar-refractivity contribution < 1.29 is 0 Å². The number of H-pyrrole nitrogens is 1. The van der Waals surface area contributed by atoms with Crippen LogP contribution in [0, 0.1) is 0 Å². The number of nitrogens with one attached hydrogen (secondary N) is 2. The zero-order valence-corrected chi connectivity index (χ0v) is 10.7. The van der Waals surface area contributed by atoms with Gasteiger partial charge in [-0.05, 0) is 25.1 Å². The summed E-state index contributed by atoms with van der Waals surface area (Å²) < 4.78 is 0. The lowest BCUT2D eigenvalue weighted by Gasteiger charge is -2.10. The zero-order chi connectivity index (χ0) is 13.1. The van der Waals surface area contributed by atoms with E-state index in [0.29, 0.717) is 6.54 Å². The molecule has 0 saturated heterocycles. The first-order chi connectivity index (χ1) is 9.33. The molecule has 1 unspecified atom stereocenters. The van der Waals surface area contributed by atoms with Crippen LogP contribution in [-0.2, 0) is 6.54 Å². The topological polar surface area (TPSA) is 66.5 Å². The van der Waals surface area contributed by atoms with Gasteiger partial charge in [0.25, 0.3) is 0 Å². The van der Waals surface area contributed by atoms with Crippen molar-refractivity contribution in [2.45, 2.75) is 19.5 Å². The SMILES string of the molecule is CC(NCc1ccncn1)c1nc2ccccc2[nH]1. The second kappa shape index (κ2) is 5.16. The summed E-state index contributed by atoms with van der Waals surface area (Å²) in [7, 11) is 0. The van der Waals surface area contributed by atoms with Crippen LogP contribution in [0.1, 0.15) is 24.5 Å². The van der Waals surface area contributed by atoms with Crippen LogP contribution in [0.3, 0.4) is 0 Å². The molecule has 5 heteroatoms. The lowest BCUT2D eigenvalue weighted by Crippen LogP contribution is -2.19. The van der Waals surface area contributed by atoms with Crippen LogP contribution < -0.4 is 5.32 Å². The highest BCUT2D eigenvalue weighted by molar-refractivity contribution is 5.74. The molecule has 0 aliphatic carbocycles. The van der Waals surface area contributed by atoms with Crippen LogP contribution >= 0.6 is 0 Å². The third-order valence-corrected chi connectivity index (χ3v) is 3.05. The minimum atomic E-state index is 0.141. The van der Waals surface area contributed by atoms with Crippen molar-refractivity contribution in [1.29, 1.82) is 0 Å². The summed E-state index contributed by atoms with van der Waals surface area (Å²) in [5.74, 6) is 0.940. The number of aromatic nitrogens is 4. The maximum atomic E-state index is 4.57. The van der Waals surface area contributed by atoms with Crippen molar-refractivity contribution in [2.24, 2.45) is 0 Å². The van der Waals surface area contributed by atoms with Gasteiger partial charge in [0.2, 0.25) is 0 Å². The number of aromatic amines is 1. The molecule has 19 heavy (non-hydrogen) atoms.